The van der Waals surface area contributed by atoms with Gasteiger partial charge < -0.3 is 19.2 Å². The number of anilines is 2. The average molecular weight is 510 g/mol. The molecule has 1 saturated heterocycles. The lowest BCUT2D eigenvalue weighted by molar-refractivity contribution is -0.153. The fourth-order valence-electron chi connectivity index (χ4n) is 3.05. The van der Waals surface area contributed by atoms with Crippen molar-refractivity contribution in [3.63, 3.8) is 0 Å². The molecule has 1 fully saturated rings. The maximum Gasteiger partial charge on any atom is 0.345 e. The van der Waals surface area contributed by atoms with E-state index in [1.807, 2.05) is 4.72 Å². The predicted octanol–water partition coefficient (Wildman–Crippen LogP) is 2.97. The van der Waals surface area contributed by atoms with Gasteiger partial charge in [-0.05, 0) is 25.0 Å². The summed E-state index contributed by atoms with van der Waals surface area (Å²) in [5.41, 5.74) is 0.280. The summed E-state index contributed by atoms with van der Waals surface area (Å²) in [6.45, 7) is -1.99. The van der Waals surface area contributed by atoms with Crippen LogP contribution in [0.15, 0.2) is 28.9 Å². The Labute approximate surface area is 192 Å². The number of hydrogen-bond acceptors (Lipinski definition) is 8. The van der Waals surface area contributed by atoms with Crippen LogP contribution in [-0.2, 0) is 19.7 Å². The molecule has 1 aliphatic heterocycles. The van der Waals surface area contributed by atoms with Crippen molar-refractivity contribution in [2.75, 3.05) is 31.6 Å². The van der Waals surface area contributed by atoms with Gasteiger partial charge in [0.15, 0.2) is 5.69 Å². The van der Waals surface area contributed by atoms with Crippen molar-refractivity contribution >= 4 is 27.8 Å². The third-order valence-corrected chi connectivity index (χ3v) is 6.34. The molecule has 2 N–H and O–H groups in total. The van der Waals surface area contributed by atoms with Crippen LogP contribution in [-0.4, -0.2) is 62.6 Å². The van der Waals surface area contributed by atoms with E-state index < -0.39 is 41.9 Å². The smallest absolute Gasteiger partial charge is 0.345 e. The van der Waals surface area contributed by atoms with E-state index in [0.717, 1.165) is 10.6 Å². The SMILES string of the molecule is Cc1ccc(C(F)F)cc1Nc1nc(C(=O)NS(=O)(=O)N2CCOC(COC(F)F)CC2)co1. The lowest BCUT2D eigenvalue weighted by atomic mass is 10.1. The lowest BCUT2D eigenvalue weighted by Crippen LogP contribution is -2.44. The van der Waals surface area contributed by atoms with Gasteiger partial charge in [0, 0.05) is 24.3 Å². The van der Waals surface area contributed by atoms with Crippen LogP contribution >= 0.6 is 0 Å². The minimum absolute atomic E-state index is 0.0802. The molecule has 2 heterocycles. The number of nitrogens with one attached hydrogen (secondary N) is 2. The van der Waals surface area contributed by atoms with Gasteiger partial charge >= 0.3 is 16.8 Å². The first-order valence-corrected chi connectivity index (χ1v) is 11.4. The lowest BCUT2D eigenvalue weighted by Gasteiger charge is -2.19. The molecular weight excluding hydrogens is 488 g/mol. The highest BCUT2D eigenvalue weighted by Crippen LogP contribution is 2.27. The number of rotatable bonds is 9. The fourth-order valence-corrected chi connectivity index (χ4v) is 4.18. The van der Waals surface area contributed by atoms with Gasteiger partial charge in [-0.3, -0.25) is 4.79 Å². The number of amides is 1. The Balaban J connectivity index is 1.61. The number of halogens is 4. The highest BCUT2D eigenvalue weighted by molar-refractivity contribution is 7.87. The summed E-state index contributed by atoms with van der Waals surface area (Å²) in [5, 5.41) is 2.67. The molecule has 1 atom stereocenters. The molecule has 34 heavy (non-hydrogen) atoms. The fraction of sp³-hybridized carbons (Fsp3) is 0.474. The Hall–Kier alpha value is -2.75. The molecule has 0 aliphatic carbocycles. The zero-order chi connectivity index (χ0) is 24.9. The highest BCUT2D eigenvalue weighted by atomic mass is 32.2. The minimum Gasteiger partial charge on any atom is -0.431 e. The largest absolute Gasteiger partial charge is 0.431 e. The second-order valence-corrected chi connectivity index (χ2v) is 8.92. The number of alkyl halides is 4. The molecule has 15 heteroatoms. The van der Waals surface area contributed by atoms with Gasteiger partial charge in [0.2, 0.25) is 0 Å². The maximum absolute atomic E-state index is 12.9. The van der Waals surface area contributed by atoms with E-state index in [9.17, 15) is 30.8 Å². The standard InChI is InChI=1S/C19H22F4N4O6S/c1-11-2-3-12(16(20)21)8-14(11)24-19-25-15(10-33-19)17(28)26-34(29,30)27-5-4-13(31-7-6-27)9-32-18(22)23/h2-3,8,10,13,16,18H,4-7,9H2,1H3,(H,24,25)(H,26,28). The molecule has 0 bridgehead atoms. The average Bonchev–Trinajstić information content (AvgIpc) is 3.09. The summed E-state index contributed by atoms with van der Waals surface area (Å²) in [4.78, 5) is 16.3. The first kappa shape index (κ1) is 25.9. The molecular formula is C19H22F4N4O6S. The Morgan fingerprint density at radius 2 is 2.06 bits per heavy atom. The number of aryl methyl sites for hydroxylation is 1. The van der Waals surface area contributed by atoms with Crippen LogP contribution in [0.5, 0.6) is 0 Å². The van der Waals surface area contributed by atoms with Crippen LogP contribution in [0.3, 0.4) is 0 Å². The Kier molecular flexibility index (Phi) is 8.46. The first-order valence-electron chi connectivity index (χ1n) is 10.00. The molecule has 1 unspecified atom stereocenters. The van der Waals surface area contributed by atoms with E-state index in [1.54, 1.807) is 6.92 Å². The number of ether oxygens (including phenoxy) is 2. The van der Waals surface area contributed by atoms with Crippen molar-refractivity contribution < 1.29 is 44.7 Å². The Morgan fingerprint density at radius 1 is 1.29 bits per heavy atom. The van der Waals surface area contributed by atoms with Gasteiger partial charge in [0.25, 0.3) is 18.3 Å². The second kappa shape index (κ2) is 11.1. The van der Waals surface area contributed by atoms with Crippen molar-refractivity contribution in [3.8, 4) is 0 Å². The van der Waals surface area contributed by atoms with E-state index >= 15 is 0 Å². The van der Waals surface area contributed by atoms with Crippen molar-refractivity contribution in [1.29, 1.82) is 0 Å². The van der Waals surface area contributed by atoms with Gasteiger partial charge in [0.05, 0.1) is 19.3 Å². The summed E-state index contributed by atoms with van der Waals surface area (Å²) in [6, 6.07) is 3.74. The molecule has 2 aromatic rings. The Morgan fingerprint density at radius 3 is 2.76 bits per heavy atom. The summed E-state index contributed by atoms with van der Waals surface area (Å²) in [7, 11) is -4.30. The van der Waals surface area contributed by atoms with E-state index in [-0.39, 0.29) is 49.1 Å². The quantitative estimate of drug-likeness (QED) is 0.494. The molecule has 1 aromatic heterocycles. The maximum atomic E-state index is 12.9. The summed E-state index contributed by atoms with van der Waals surface area (Å²) in [6.07, 6.45) is -2.42. The number of oxazole rings is 1. The van der Waals surface area contributed by atoms with Crippen LogP contribution in [0.4, 0.5) is 29.3 Å². The normalized spacial score (nSPS) is 17.7. The van der Waals surface area contributed by atoms with E-state index in [0.29, 0.717) is 5.56 Å². The van der Waals surface area contributed by atoms with E-state index in [2.05, 4.69) is 15.0 Å². The number of nitrogens with zero attached hydrogens (tertiary/aromatic N) is 2. The number of carbonyl (C=O) groups is 1. The van der Waals surface area contributed by atoms with Gasteiger partial charge in [-0.2, -0.15) is 26.5 Å². The Bertz CT molecular complexity index is 1100. The molecule has 1 aromatic carbocycles. The molecule has 0 saturated carbocycles. The van der Waals surface area contributed by atoms with Crippen LogP contribution in [0.2, 0.25) is 0 Å². The summed E-state index contributed by atoms with van der Waals surface area (Å²) >= 11 is 0. The molecule has 1 aliphatic rings. The summed E-state index contributed by atoms with van der Waals surface area (Å²) in [5.74, 6) is -1.09. The number of benzene rings is 1. The molecule has 0 radical (unpaired) electrons. The number of carbonyl (C=O) groups excluding carboxylic acids is 1. The van der Waals surface area contributed by atoms with Gasteiger partial charge in [-0.1, -0.05) is 12.1 Å². The number of hydrogen-bond donors (Lipinski definition) is 2. The highest BCUT2D eigenvalue weighted by Gasteiger charge is 2.29. The van der Waals surface area contributed by atoms with Crippen molar-refractivity contribution in [1.82, 2.24) is 14.0 Å². The van der Waals surface area contributed by atoms with Crippen LogP contribution < -0.4 is 10.0 Å². The topological polar surface area (TPSA) is 123 Å². The van der Waals surface area contributed by atoms with E-state index in [4.69, 9.17) is 9.15 Å². The summed E-state index contributed by atoms with van der Waals surface area (Å²) < 4.78 is 92.8. The monoisotopic (exact) mass is 510 g/mol. The first-order chi connectivity index (χ1) is 16.0. The second-order valence-electron chi connectivity index (χ2n) is 7.25. The molecule has 1 amide bonds. The van der Waals surface area contributed by atoms with Crippen molar-refractivity contribution in [2.24, 2.45) is 0 Å². The minimum atomic E-state index is -4.30. The molecule has 0 spiro atoms. The van der Waals surface area contributed by atoms with Gasteiger partial charge in [0.1, 0.15) is 6.26 Å². The zero-order valence-corrected chi connectivity index (χ0v) is 18.7. The number of aromatic nitrogens is 1. The third kappa shape index (κ3) is 6.88. The van der Waals surface area contributed by atoms with Crippen molar-refractivity contribution in [2.45, 2.75) is 32.5 Å². The molecule has 3 rings (SSSR count). The van der Waals surface area contributed by atoms with Gasteiger partial charge in [-0.15, -0.1) is 0 Å². The van der Waals surface area contributed by atoms with Crippen LogP contribution in [0.25, 0.3) is 0 Å². The van der Waals surface area contributed by atoms with Crippen molar-refractivity contribution in [3.05, 3.63) is 41.3 Å². The molecule has 10 nitrogen and oxygen atoms in total. The van der Waals surface area contributed by atoms with Crippen LogP contribution in [0.1, 0.15) is 34.5 Å². The third-order valence-electron chi connectivity index (χ3n) is 4.86. The predicted molar refractivity (Wildman–Crippen MR) is 110 cm³/mol. The van der Waals surface area contributed by atoms with E-state index in [1.165, 1.54) is 18.2 Å². The van der Waals surface area contributed by atoms with Gasteiger partial charge in [-0.25, -0.2) is 13.5 Å². The zero-order valence-electron chi connectivity index (χ0n) is 17.8. The van der Waals surface area contributed by atoms with Crippen LogP contribution in [0, 0.1) is 6.92 Å². The molecule has 188 valence electrons.